The van der Waals surface area contributed by atoms with Crippen LogP contribution in [0, 0.1) is 23.7 Å². The summed E-state index contributed by atoms with van der Waals surface area (Å²) in [5, 5.41) is 50.7. The standard InChI is InChI=1S/C24H34O5.C23H32O5/c1-3-4-5-8-18(25)10-11-19-20-12-16-7-6-9-23(29-15-24(27)28-2)21(16)13-17(20)14-22(19)26;1-2-3-4-7-17(24)9-10-18-19-11-15-6-5-8-22(28-14-23(26)27)20(15)12-16(19)13-21(18)25/h6-7,9,14,18-20,22,25-26H,3-5,8,10-13,15H2,1-2H3;5-6,8,13,17-19,21,24-25H,2-4,7,9-12,14H2,1H3,(H,26,27)/t18-,19+,20-,22+;17-,18+,19-,21+/m00/s1. The zero-order valence-corrected chi connectivity index (χ0v) is 34.2. The van der Waals surface area contributed by atoms with E-state index in [1.807, 2.05) is 36.4 Å². The molecule has 0 aromatic heterocycles. The molecule has 4 aliphatic rings. The number of hydrogen-bond donors (Lipinski definition) is 5. The molecule has 0 amide bonds. The van der Waals surface area contributed by atoms with Crippen LogP contribution in [0.1, 0.15) is 113 Å². The molecule has 2 aromatic carbocycles. The molecular formula is C47H66O10. The third kappa shape index (κ3) is 12.2. The van der Waals surface area contributed by atoms with Crippen LogP contribution in [0.5, 0.6) is 11.5 Å². The first kappa shape index (κ1) is 44.4. The molecule has 5 N–H and O–H groups in total. The third-order valence-corrected chi connectivity index (χ3v) is 12.6. The second-order valence-electron chi connectivity index (χ2n) is 16.6. The summed E-state index contributed by atoms with van der Waals surface area (Å²) in [6, 6.07) is 11.7. The highest BCUT2D eigenvalue weighted by Crippen LogP contribution is 2.46. The number of methoxy groups -OCH3 is 1. The Morgan fingerprint density at radius 3 is 1.56 bits per heavy atom. The van der Waals surface area contributed by atoms with Gasteiger partial charge in [0.2, 0.25) is 0 Å². The molecule has 0 radical (unpaired) electrons. The molecule has 8 atom stereocenters. The average Bonchev–Trinajstić information content (AvgIpc) is 3.68. The lowest BCUT2D eigenvalue weighted by atomic mass is 9.75. The second-order valence-corrected chi connectivity index (χ2v) is 16.6. The minimum atomic E-state index is -0.987. The van der Waals surface area contributed by atoms with Crippen molar-refractivity contribution in [2.24, 2.45) is 23.7 Å². The number of aliphatic carboxylic acids is 1. The number of benzene rings is 2. The Hall–Kier alpha value is -3.70. The van der Waals surface area contributed by atoms with E-state index in [0.717, 1.165) is 113 Å². The molecule has 4 aliphatic carbocycles. The van der Waals surface area contributed by atoms with Gasteiger partial charge in [0.1, 0.15) is 11.5 Å². The molecule has 0 unspecified atom stereocenters. The fourth-order valence-corrected chi connectivity index (χ4v) is 9.46. The van der Waals surface area contributed by atoms with E-state index in [1.54, 1.807) is 0 Å². The van der Waals surface area contributed by atoms with Crippen molar-refractivity contribution in [3.05, 3.63) is 82.0 Å². The number of fused-ring (bicyclic) bond motifs is 4. The molecule has 10 nitrogen and oxygen atoms in total. The highest BCUT2D eigenvalue weighted by atomic mass is 16.6. The number of ether oxygens (including phenoxy) is 3. The Morgan fingerprint density at radius 1 is 0.684 bits per heavy atom. The normalized spacial score (nSPS) is 24.0. The number of unbranched alkanes of at least 4 members (excludes halogenated alkanes) is 4. The van der Waals surface area contributed by atoms with Crippen molar-refractivity contribution in [1.29, 1.82) is 0 Å². The van der Waals surface area contributed by atoms with Crippen molar-refractivity contribution < 1.29 is 49.3 Å². The molecule has 0 fully saturated rings. The highest BCUT2D eigenvalue weighted by molar-refractivity contribution is 5.71. The number of carboxylic acid groups (broad SMARTS) is 1. The van der Waals surface area contributed by atoms with Gasteiger partial charge in [-0.3, -0.25) is 0 Å². The lowest BCUT2D eigenvalue weighted by molar-refractivity contribution is -0.143. The van der Waals surface area contributed by atoms with Crippen LogP contribution in [-0.2, 0) is 40.0 Å². The van der Waals surface area contributed by atoms with E-state index in [9.17, 15) is 30.0 Å². The largest absolute Gasteiger partial charge is 0.482 e. The van der Waals surface area contributed by atoms with E-state index in [-0.39, 0.29) is 37.3 Å². The molecule has 0 bridgehead atoms. The second kappa shape index (κ2) is 21.9. The number of esters is 1. The zero-order valence-electron chi connectivity index (χ0n) is 34.2. The topological polar surface area (TPSA) is 163 Å². The fourth-order valence-electron chi connectivity index (χ4n) is 9.46. The van der Waals surface area contributed by atoms with Gasteiger partial charge in [-0.15, -0.1) is 0 Å². The minimum absolute atomic E-state index is 0.101. The van der Waals surface area contributed by atoms with Crippen LogP contribution in [0.4, 0.5) is 0 Å². The highest BCUT2D eigenvalue weighted by Gasteiger charge is 2.41. The van der Waals surface area contributed by atoms with Crippen molar-refractivity contribution in [2.75, 3.05) is 20.3 Å². The Bertz CT molecular complexity index is 1680. The summed E-state index contributed by atoms with van der Waals surface area (Å²) in [5.41, 5.74) is 7.01. The number of hydrogen-bond acceptors (Lipinski definition) is 9. The maximum absolute atomic E-state index is 11.4. The summed E-state index contributed by atoms with van der Waals surface area (Å²) >= 11 is 0. The Morgan fingerprint density at radius 2 is 1.14 bits per heavy atom. The molecular weight excluding hydrogens is 725 g/mol. The first-order valence-corrected chi connectivity index (χ1v) is 21.4. The summed E-state index contributed by atoms with van der Waals surface area (Å²) < 4.78 is 15.8. The number of rotatable bonds is 20. The van der Waals surface area contributed by atoms with Gasteiger partial charge in [0.15, 0.2) is 13.2 Å². The Balaban J connectivity index is 0.000000218. The maximum Gasteiger partial charge on any atom is 0.343 e. The van der Waals surface area contributed by atoms with Gasteiger partial charge in [-0.25, -0.2) is 9.59 Å². The van der Waals surface area contributed by atoms with Gasteiger partial charge in [-0.05, 0) is 111 Å². The van der Waals surface area contributed by atoms with Crippen molar-refractivity contribution in [2.45, 2.75) is 141 Å². The lowest BCUT2D eigenvalue weighted by Crippen LogP contribution is -2.27. The molecule has 314 valence electrons. The number of aliphatic hydroxyl groups excluding tert-OH is 4. The van der Waals surface area contributed by atoms with Crippen LogP contribution >= 0.6 is 0 Å². The van der Waals surface area contributed by atoms with Crippen LogP contribution in [0.3, 0.4) is 0 Å². The lowest BCUT2D eigenvalue weighted by Gasteiger charge is -2.31. The molecule has 0 spiro atoms. The van der Waals surface area contributed by atoms with E-state index in [0.29, 0.717) is 24.0 Å². The molecule has 10 heteroatoms. The fraction of sp³-hybridized carbons (Fsp3) is 0.617. The predicted octanol–water partition coefficient (Wildman–Crippen LogP) is 7.10. The first-order chi connectivity index (χ1) is 27.5. The predicted molar refractivity (Wildman–Crippen MR) is 219 cm³/mol. The molecule has 2 aromatic rings. The van der Waals surface area contributed by atoms with Crippen LogP contribution < -0.4 is 9.47 Å². The van der Waals surface area contributed by atoms with Gasteiger partial charge in [0.25, 0.3) is 0 Å². The van der Waals surface area contributed by atoms with E-state index in [1.165, 1.54) is 29.4 Å². The van der Waals surface area contributed by atoms with Gasteiger partial charge < -0.3 is 39.7 Å². The Labute approximate surface area is 338 Å². The molecule has 6 rings (SSSR count). The number of aliphatic hydroxyl groups is 4. The van der Waals surface area contributed by atoms with Gasteiger partial charge in [-0.1, -0.05) is 99.9 Å². The summed E-state index contributed by atoms with van der Waals surface area (Å²) in [6.07, 6.45) is 17.2. The summed E-state index contributed by atoms with van der Waals surface area (Å²) in [7, 11) is 1.35. The molecule has 0 aliphatic heterocycles. The molecule has 0 saturated carbocycles. The molecule has 0 saturated heterocycles. The monoisotopic (exact) mass is 790 g/mol. The smallest absolute Gasteiger partial charge is 0.343 e. The first-order valence-electron chi connectivity index (χ1n) is 21.4. The molecule has 57 heavy (non-hydrogen) atoms. The average molecular weight is 791 g/mol. The van der Waals surface area contributed by atoms with Gasteiger partial charge in [-0.2, -0.15) is 0 Å². The van der Waals surface area contributed by atoms with Gasteiger partial charge in [0.05, 0.1) is 31.5 Å². The van der Waals surface area contributed by atoms with E-state index < -0.39 is 24.1 Å². The van der Waals surface area contributed by atoms with Crippen LogP contribution in [-0.4, -0.2) is 82.2 Å². The number of carbonyl (C=O) groups excluding carboxylic acids is 1. The van der Waals surface area contributed by atoms with Gasteiger partial charge >= 0.3 is 11.9 Å². The Kier molecular flexibility index (Phi) is 17.1. The summed E-state index contributed by atoms with van der Waals surface area (Å²) in [4.78, 5) is 22.2. The number of allylic oxidation sites excluding steroid dienone is 2. The SMILES string of the molecule is CCCCC[C@H](O)CC[C@H]1[C@H](O)C=C2Cc3c(cccc3OCC(=O)O)C[C@@H]21.CCCCC[C@H](O)CC[C@H]1[C@H](O)C=C2Cc3c(cccc3OCC(=O)OC)C[C@@H]21. The van der Waals surface area contributed by atoms with Crippen molar-refractivity contribution >= 4 is 11.9 Å². The van der Waals surface area contributed by atoms with Crippen LogP contribution in [0.2, 0.25) is 0 Å². The van der Waals surface area contributed by atoms with E-state index >= 15 is 0 Å². The van der Waals surface area contributed by atoms with Crippen molar-refractivity contribution in [3.63, 3.8) is 0 Å². The van der Waals surface area contributed by atoms with Crippen LogP contribution in [0.25, 0.3) is 0 Å². The van der Waals surface area contributed by atoms with Crippen LogP contribution in [0.15, 0.2) is 59.7 Å². The summed E-state index contributed by atoms with van der Waals surface area (Å²) in [6.45, 7) is 3.88. The van der Waals surface area contributed by atoms with E-state index in [2.05, 4.69) is 30.7 Å². The van der Waals surface area contributed by atoms with Crippen molar-refractivity contribution in [1.82, 2.24) is 0 Å². The molecule has 0 heterocycles. The zero-order chi connectivity index (χ0) is 40.9. The minimum Gasteiger partial charge on any atom is -0.482 e. The summed E-state index contributed by atoms with van der Waals surface area (Å²) in [5.74, 6) is 0.881. The van der Waals surface area contributed by atoms with Crippen molar-refractivity contribution in [3.8, 4) is 11.5 Å². The number of carboxylic acids is 1. The number of carbonyl (C=O) groups is 2. The van der Waals surface area contributed by atoms with E-state index in [4.69, 9.17) is 14.6 Å². The third-order valence-electron chi connectivity index (χ3n) is 12.6. The quantitative estimate of drug-likeness (QED) is 0.0532. The van der Waals surface area contributed by atoms with Gasteiger partial charge in [0, 0.05) is 11.1 Å². The maximum atomic E-state index is 11.4.